The lowest BCUT2D eigenvalue weighted by molar-refractivity contribution is 0.0239. The fourth-order valence-corrected chi connectivity index (χ4v) is 3.54. The lowest BCUT2D eigenvalue weighted by Gasteiger charge is -2.35. The molecule has 0 aromatic heterocycles. The highest BCUT2D eigenvalue weighted by Gasteiger charge is 2.26. The Morgan fingerprint density at radius 1 is 1.09 bits per heavy atom. The molecular formula is C17H17ClINO2. The normalized spacial score (nSPS) is 17.4. The quantitative estimate of drug-likeness (QED) is 0.747. The van der Waals surface area contributed by atoms with E-state index in [1.165, 1.54) is 0 Å². The fraction of sp³-hybridized carbons (Fsp3) is 0.294. The van der Waals surface area contributed by atoms with Crippen molar-refractivity contribution in [3.05, 3.63) is 62.2 Å². The van der Waals surface area contributed by atoms with Gasteiger partial charge in [-0.05, 0) is 64.0 Å². The first kappa shape index (κ1) is 16.1. The second kappa shape index (κ2) is 7.17. The predicted molar refractivity (Wildman–Crippen MR) is 96.5 cm³/mol. The van der Waals surface area contributed by atoms with Gasteiger partial charge in [-0.2, -0.15) is 0 Å². The van der Waals surface area contributed by atoms with Crippen LogP contribution in [-0.4, -0.2) is 36.3 Å². The third-order valence-corrected chi connectivity index (χ3v) is 4.89. The smallest absolute Gasteiger partial charge is 0.115 e. The number of hydrogen-bond donors (Lipinski definition) is 1. The van der Waals surface area contributed by atoms with Gasteiger partial charge in [0.1, 0.15) is 5.75 Å². The molecule has 0 bridgehead atoms. The number of benzene rings is 2. The van der Waals surface area contributed by atoms with Crippen LogP contribution in [0.4, 0.5) is 0 Å². The standard InChI is InChI=1S/C17H17ClINO2/c18-16-6-3-13(19)11-15(16)17(20-7-9-22-10-8-20)12-1-4-14(21)5-2-12/h1-6,11,17,21H,7-10H2. The summed E-state index contributed by atoms with van der Waals surface area (Å²) in [6.45, 7) is 3.20. The number of aromatic hydroxyl groups is 1. The molecule has 116 valence electrons. The second-order valence-electron chi connectivity index (χ2n) is 5.31. The number of nitrogens with zero attached hydrogens (tertiary/aromatic N) is 1. The topological polar surface area (TPSA) is 32.7 Å². The molecule has 1 aliphatic rings. The monoisotopic (exact) mass is 429 g/mol. The number of rotatable bonds is 3. The van der Waals surface area contributed by atoms with E-state index < -0.39 is 0 Å². The summed E-state index contributed by atoms with van der Waals surface area (Å²) in [5, 5.41) is 10.3. The molecule has 3 nitrogen and oxygen atoms in total. The number of phenols is 1. The zero-order valence-electron chi connectivity index (χ0n) is 12.0. The summed E-state index contributed by atoms with van der Waals surface area (Å²) in [5.41, 5.74) is 2.23. The molecule has 1 N–H and O–H groups in total. The second-order valence-corrected chi connectivity index (χ2v) is 6.96. The third kappa shape index (κ3) is 3.56. The van der Waals surface area contributed by atoms with Crippen molar-refractivity contribution in [1.82, 2.24) is 4.90 Å². The van der Waals surface area contributed by atoms with Crippen molar-refractivity contribution < 1.29 is 9.84 Å². The van der Waals surface area contributed by atoms with E-state index in [1.54, 1.807) is 12.1 Å². The average Bonchev–Trinajstić information content (AvgIpc) is 2.54. The highest BCUT2D eigenvalue weighted by Crippen LogP contribution is 2.35. The lowest BCUT2D eigenvalue weighted by atomic mass is 9.96. The van der Waals surface area contributed by atoms with Gasteiger partial charge >= 0.3 is 0 Å². The van der Waals surface area contributed by atoms with E-state index in [1.807, 2.05) is 24.3 Å². The van der Waals surface area contributed by atoms with E-state index >= 15 is 0 Å². The minimum atomic E-state index is 0.0757. The maximum atomic E-state index is 9.56. The number of morpholine rings is 1. The molecule has 0 aliphatic carbocycles. The van der Waals surface area contributed by atoms with Gasteiger partial charge in [-0.15, -0.1) is 0 Å². The van der Waals surface area contributed by atoms with Crippen LogP contribution in [0.3, 0.4) is 0 Å². The zero-order valence-corrected chi connectivity index (χ0v) is 14.9. The first-order chi connectivity index (χ1) is 10.6. The van der Waals surface area contributed by atoms with E-state index in [0.29, 0.717) is 0 Å². The van der Waals surface area contributed by atoms with Crippen molar-refractivity contribution in [2.45, 2.75) is 6.04 Å². The Kier molecular flexibility index (Phi) is 5.23. The number of hydrogen-bond acceptors (Lipinski definition) is 3. The maximum absolute atomic E-state index is 9.56. The Morgan fingerprint density at radius 2 is 1.77 bits per heavy atom. The Balaban J connectivity index is 2.05. The minimum absolute atomic E-state index is 0.0757. The first-order valence-corrected chi connectivity index (χ1v) is 8.66. The summed E-state index contributed by atoms with van der Waals surface area (Å²) in [5.74, 6) is 0.276. The number of ether oxygens (including phenoxy) is 1. The van der Waals surface area contributed by atoms with Gasteiger partial charge in [-0.1, -0.05) is 23.7 Å². The van der Waals surface area contributed by atoms with Crippen LogP contribution in [0.25, 0.3) is 0 Å². The Labute approximate surface area is 149 Å². The summed E-state index contributed by atoms with van der Waals surface area (Å²) in [6, 6.07) is 13.6. The van der Waals surface area contributed by atoms with Crippen LogP contribution in [0.5, 0.6) is 5.75 Å². The van der Waals surface area contributed by atoms with Crippen LogP contribution < -0.4 is 0 Å². The van der Waals surface area contributed by atoms with Crippen molar-refractivity contribution in [2.24, 2.45) is 0 Å². The van der Waals surface area contributed by atoms with Crippen LogP contribution in [0, 0.1) is 3.57 Å². The van der Waals surface area contributed by atoms with Gasteiger partial charge in [0.2, 0.25) is 0 Å². The van der Waals surface area contributed by atoms with Gasteiger partial charge in [0.25, 0.3) is 0 Å². The first-order valence-electron chi connectivity index (χ1n) is 7.21. The fourth-order valence-electron chi connectivity index (χ4n) is 2.80. The molecule has 1 heterocycles. The van der Waals surface area contributed by atoms with Gasteiger partial charge in [-0.3, -0.25) is 4.90 Å². The third-order valence-electron chi connectivity index (χ3n) is 3.87. The Morgan fingerprint density at radius 3 is 2.45 bits per heavy atom. The molecule has 2 aromatic carbocycles. The Bertz CT molecular complexity index is 642. The number of halogens is 2. The van der Waals surface area contributed by atoms with Crippen molar-refractivity contribution in [1.29, 1.82) is 0 Å². The van der Waals surface area contributed by atoms with Crippen LogP contribution >= 0.6 is 34.2 Å². The molecule has 1 fully saturated rings. The van der Waals surface area contributed by atoms with E-state index in [4.69, 9.17) is 16.3 Å². The molecule has 0 amide bonds. The van der Waals surface area contributed by atoms with E-state index in [-0.39, 0.29) is 11.8 Å². The molecule has 0 spiro atoms. The van der Waals surface area contributed by atoms with Gasteiger partial charge in [0.15, 0.2) is 0 Å². The minimum Gasteiger partial charge on any atom is -0.508 e. The molecule has 3 rings (SSSR count). The van der Waals surface area contributed by atoms with Crippen LogP contribution in [0.2, 0.25) is 5.02 Å². The maximum Gasteiger partial charge on any atom is 0.115 e. The highest BCUT2D eigenvalue weighted by atomic mass is 127. The molecular weight excluding hydrogens is 413 g/mol. The molecule has 5 heteroatoms. The van der Waals surface area contributed by atoms with Crippen LogP contribution in [0.15, 0.2) is 42.5 Å². The van der Waals surface area contributed by atoms with Crippen LogP contribution in [-0.2, 0) is 4.74 Å². The molecule has 22 heavy (non-hydrogen) atoms. The zero-order chi connectivity index (χ0) is 15.5. The molecule has 1 unspecified atom stereocenters. The van der Waals surface area contributed by atoms with Crippen molar-refractivity contribution in [3.63, 3.8) is 0 Å². The van der Waals surface area contributed by atoms with Crippen molar-refractivity contribution in [3.8, 4) is 5.75 Å². The van der Waals surface area contributed by atoms with E-state index in [2.05, 4.69) is 33.6 Å². The van der Waals surface area contributed by atoms with Crippen molar-refractivity contribution in [2.75, 3.05) is 26.3 Å². The van der Waals surface area contributed by atoms with Gasteiger partial charge in [0.05, 0.1) is 19.3 Å². The SMILES string of the molecule is Oc1ccc(C(c2cc(I)ccc2Cl)N2CCOCC2)cc1. The van der Waals surface area contributed by atoms with Gasteiger partial charge in [0, 0.05) is 21.7 Å². The summed E-state index contributed by atoms with van der Waals surface area (Å²) in [7, 11) is 0. The number of phenolic OH excluding ortho intramolecular Hbond substituents is 1. The van der Waals surface area contributed by atoms with Gasteiger partial charge in [-0.25, -0.2) is 0 Å². The summed E-state index contributed by atoms with van der Waals surface area (Å²) >= 11 is 8.79. The molecule has 1 saturated heterocycles. The summed E-state index contributed by atoms with van der Waals surface area (Å²) in [4.78, 5) is 2.38. The van der Waals surface area contributed by atoms with E-state index in [0.717, 1.165) is 46.0 Å². The Hall–Kier alpha value is -0.820. The predicted octanol–water partition coefficient (Wildman–Crippen LogP) is 4.07. The largest absolute Gasteiger partial charge is 0.508 e. The molecule has 0 radical (unpaired) electrons. The molecule has 1 aliphatic heterocycles. The molecule has 1 atom stereocenters. The lowest BCUT2D eigenvalue weighted by Crippen LogP contribution is -2.39. The summed E-state index contributed by atoms with van der Waals surface area (Å²) in [6.07, 6.45) is 0. The molecule has 2 aromatic rings. The highest BCUT2D eigenvalue weighted by molar-refractivity contribution is 14.1. The van der Waals surface area contributed by atoms with E-state index in [9.17, 15) is 5.11 Å². The van der Waals surface area contributed by atoms with Gasteiger partial charge < -0.3 is 9.84 Å². The average molecular weight is 430 g/mol. The molecule has 0 saturated carbocycles. The van der Waals surface area contributed by atoms with Crippen LogP contribution in [0.1, 0.15) is 17.2 Å². The van der Waals surface area contributed by atoms with Crippen molar-refractivity contribution >= 4 is 34.2 Å². The summed E-state index contributed by atoms with van der Waals surface area (Å²) < 4.78 is 6.64.